The third-order valence-electron chi connectivity index (χ3n) is 7.11. The van der Waals surface area contributed by atoms with E-state index in [2.05, 4.69) is 26.6 Å². The number of rotatable bonds is 8. The molecular formula is C30H30N6O3S. The van der Waals surface area contributed by atoms with Crippen LogP contribution in [0.25, 0.3) is 10.2 Å². The molecule has 0 unspecified atom stereocenters. The first-order valence-electron chi connectivity index (χ1n) is 13.3. The summed E-state index contributed by atoms with van der Waals surface area (Å²) in [5, 5.41) is 6.91. The predicted octanol–water partition coefficient (Wildman–Crippen LogP) is 5.40. The summed E-state index contributed by atoms with van der Waals surface area (Å²) in [6.45, 7) is 4.96. The highest BCUT2D eigenvalue weighted by Crippen LogP contribution is 2.46. The normalized spacial score (nSPS) is 17.0. The van der Waals surface area contributed by atoms with Crippen molar-refractivity contribution in [1.29, 1.82) is 0 Å². The van der Waals surface area contributed by atoms with Crippen LogP contribution in [0.2, 0.25) is 0 Å². The second-order valence-corrected chi connectivity index (χ2v) is 10.9. The van der Waals surface area contributed by atoms with Gasteiger partial charge in [-0.2, -0.15) is 0 Å². The van der Waals surface area contributed by atoms with Crippen LogP contribution < -0.4 is 26.0 Å². The van der Waals surface area contributed by atoms with Gasteiger partial charge < -0.3 is 21.1 Å². The molecule has 6 rings (SSSR count). The Balaban J connectivity index is 1.25. The largest absolute Gasteiger partial charge is 0.457 e. The molecule has 204 valence electrons. The van der Waals surface area contributed by atoms with E-state index in [9.17, 15) is 9.59 Å². The fourth-order valence-electron chi connectivity index (χ4n) is 5.24. The number of amides is 3. The number of urea groups is 1. The van der Waals surface area contributed by atoms with Crippen LogP contribution in [0.5, 0.6) is 11.5 Å². The number of carbonyl (C=O) groups excluding carboxylic acids is 2. The number of carbonyl (C=O) groups is 2. The highest BCUT2D eigenvalue weighted by molar-refractivity contribution is 7.21. The van der Waals surface area contributed by atoms with E-state index in [1.165, 1.54) is 11.3 Å². The van der Waals surface area contributed by atoms with E-state index in [1.54, 1.807) is 11.1 Å². The molecule has 1 atom stereocenters. The van der Waals surface area contributed by atoms with Crippen LogP contribution in [0.1, 0.15) is 21.7 Å². The van der Waals surface area contributed by atoms with Crippen LogP contribution in [-0.4, -0.2) is 54.0 Å². The van der Waals surface area contributed by atoms with Gasteiger partial charge in [-0.25, -0.2) is 9.78 Å². The molecule has 0 radical (unpaired) electrons. The van der Waals surface area contributed by atoms with Crippen molar-refractivity contribution < 1.29 is 14.3 Å². The molecular weight excluding hydrogens is 524 g/mol. The van der Waals surface area contributed by atoms with Crippen molar-refractivity contribution >= 4 is 50.6 Å². The Morgan fingerprint density at radius 3 is 2.83 bits per heavy atom. The molecule has 2 aromatic heterocycles. The molecule has 4 heterocycles. The molecule has 0 aliphatic carbocycles. The number of para-hydroxylation sites is 1. The number of anilines is 3. The SMILES string of the molecule is Cc1cc(Oc2ccccc2)ccc1N1C(=O)Nc2c(C(=O)N[C@@H]3CCN(C/C=C/CN)C3)sc3nccc1c23. The number of hydrogen-bond donors (Lipinski definition) is 3. The third kappa shape index (κ3) is 5.04. The molecule has 3 amide bonds. The van der Waals surface area contributed by atoms with E-state index in [0.29, 0.717) is 33.4 Å². The number of ether oxygens (including phenoxy) is 1. The van der Waals surface area contributed by atoms with Crippen LogP contribution in [0, 0.1) is 6.92 Å². The molecule has 0 saturated carbocycles. The van der Waals surface area contributed by atoms with Crippen molar-refractivity contribution in [2.24, 2.45) is 5.73 Å². The Morgan fingerprint density at radius 1 is 1.18 bits per heavy atom. The molecule has 9 nitrogen and oxygen atoms in total. The van der Waals surface area contributed by atoms with Crippen molar-refractivity contribution in [3.8, 4) is 11.5 Å². The molecule has 1 saturated heterocycles. The Hall–Kier alpha value is -4.25. The number of benzene rings is 2. The van der Waals surface area contributed by atoms with Gasteiger partial charge in [0, 0.05) is 38.4 Å². The second-order valence-electron chi connectivity index (χ2n) is 9.87. The average molecular weight is 555 g/mol. The Bertz CT molecular complexity index is 1600. The Morgan fingerprint density at radius 2 is 2.02 bits per heavy atom. The number of thiophene rings is 1. The topological polar surface area (TPSA) is 113 Å². The first-order chi connectivity index (χ1) is 19.5. The summed E-state index contributed by atoms with van der Waals surface area (Å²) in [5.41, 5.74) is 8.34. The van der Waals surface area contributed by atoms with E-state index >= 15 is 0 Å². The summed E-state index contributed by atoms with van der Waals surface area (Å²) in [4.78, 5) is 36.5. The summed E-state index contributed by atoms with van der Waals surface area (Å²) in [7, 11) is 0. The summed E-state index contributed by atoms with van der Waals surface area (Å²) in [6.07, 6.45) is 6.55. The number of nitrogens with zero attached hydrogens (tertiary/aromatic N) is 3. The molecule has 10 heteroatoms. The van der Waals surface area contributed by atoms with E-state index in [0.717, 1.165) is 48.4 Å². The van der Waals surface area contributed by atoms with Crippen molar-refractivity contribution in [3.05, 3.63) is 83.4 Å². The lowest BCUT2D eigenvalue weighted by Crippen LogP contribution is -2.38. The van der Waals surface area contributed by atoms with Gasteiger partial charge in [0.2, 0.25) is 0 Å². The smallest absolute Gasteiger partial charge is 0.331 e. The predicted molar refractivity (Wildman–Crippen MR) is 159 cm³/mol. The fourth-order valence-corrected chi connectivity index (χ4v) is 6.26. The molecule has 40 heavy (non-hydrogen) atoms. The zero-order valence-electron chi connectivity index (χ0n) is 22.1. The van der Waals surface area contributed by atoms with Gasteiger partial charge in [-0.1, -0.05) is 30.4 Å². The van der Waals surface area contributed by atoms with E-state index in [-0.39, 0.29) is 18.0 Å². The minimum Gasteiger partial charge on any atom is -0.457 e. The summed E-state index contributed by atoms with van der Waals surface area (Å²) >= 11 is 1.30. The van der Waals surface area contributed by atoms with Crippen LogP contribution in [0.3, 0.4) is 0 Å². The number of aromatic nitrogens is 1. The molecule has 2 aliphatic rings. The fraction of sp³-hybridized carbons (Fsp3) is 0.233. The minimum absolute atomic E-state index is 0.0404. The molecule has 4 aromatic rings. The number of nitrogens with one attached hydrogen (secondary N) is 2. The highest BCUT2D eigenvalue weighted by atomic mass is 32.1. The van der Waals surface area contributed by atoms with E-state index in [4.69, 9.17) is 10.5 Å². The van der Waals surface area contributed by atoms with Gasteiger partial charge >= 0.3 is 6.03 Å². The molecule has 2 aromatic carbocycles. The average Bonchev–Trinajstić information content (AvgIpc) is 3.55. The molecule has 2 aliphatic heterocycles. The standard InChI is InChI=1S/C30H30N6O3S/c1-19-17-22(39-21-7-3-2-4-8-21)9-10-23(19)36-24-11-14-32-29-25(24)26(34-30(36)38)27(40-29)28(37)33-20-12-16-35(18-20)15-6-5-13-31/h2-11,14,17,20H,12-13,15-16,18,31H2,1H3,(H,33,37)(H,34,38)/b6-5+/t20-/m1/s1. The summed E-state index contributed by atoms with van der Waals surface area (Å²) < 4.78 is 5.97. The Labute approximate surface area is 236 Å². The monoisotopic (exact) mass is 554 g/mol. The van der Waals surface area contributed by atoms with Gasteiger partial charge in [-0.05, 0) is 55.3 Å². The quantitative estimate of drug-likeness (QED) is 0.252. The van der Waals surface area contributed by atoms with Gasteiger partial charge in [0.25, 0.3) is 5.91 Å². The number of likely N-dealkylation sites (tertiary alicyclic amines) is 1. The van der Waals surface area contributed by atoms with Gasteiger partial charge in [-0.15, -0.1) is 11.3 Å². The lowest BCUT2D eigenvalue weighted by molar-refractivity contribution is 0.0943. The van der Waals surface area contributed by atoms with Gasteiger partial charge in [0.15, 0.2) is 0 Å². The zero-order chi connectivity index (χ0) is 27.6. The first kappa shape index (κ1) is 26.0. The maximum atomic E-state index is 13.5. The summed E-state index contributed by atoms with van der Waals surface area (Å²) in [6, 6.07) is 16.7. The van der Waals surface area contributed by atoms with Crippen molar-refractivity contribution in [2.75, 3.05) is 36.4 Å². The van der Waals surface area contributed by atoms with Crippen LogP contribution in [0.15, 0.2) is 72.9 Å². The van der Waals surface area contributed by atoms with Gasteiger partial charge in [0.05, 0.1) is 22.4 Å². The number of aryl methyl sites for hydroxylation is 1. The van der Waals surface area contributed by atoms with Crippen LogP contribution in [-0.2, 0) is 0 Å². The van der Waals surface area contributed by atoms with Gasteiger partial charge in [-0.3, -0.25) is 14.6 Å². The van der Waals surface area contributed by atoms with Crippen molar-refractivity contribution in [1.82, 2.24) is 15.2 Å². The third-order valence-corrected chi connectivity index (χ3v) is 8.21. The molecule has 1 fully saturated rings. The molecule has 4 N–H and O–H groups in total. The van der Waals surface area contributed by atoms with Crippen LogP contribution >= 0.6 is 11.3 Å². The number of nitrogens with two attached hydrogens (primary N) is 1. The maximum absolute atomic E-state index is 13.5. The molecule has 0 spiro atoms. The first-order valence-corrected chi connectivity index (χ1v) is 14.1. The second kappa shape index (κ2) is 11.1. The lowest BCUT2D eigenvalue weighted by atomic mass is 10.1. The maximum Gasteiger partial charge on any atom is 0.331 e. The van der Waals surface area contributed by atoms with Crippen molar-refractivity contribution in [3.63, 3.8) is 0 Å². The zero-order valence-corrected chi connectivity index (χ0v) is 22.9. The lowest BCUT2D eigenvalue weighted by Gasteiger charge is -2.29. The molecule has 0 bridgehead atoms. The van der Waals surface area contributed by atoms with Crippen LogP contribution in [0.4, 0.5) is 21.9 Å². The van der Waals surface area contributed by atoms with E-state index in [1.807, 2.05) is 67.6 Å². The van der Waals surface area contributed by atoms with E-state index < -0.39 is 0 Å². The highest BCUT2D eigenvalue weighted by Gasteiger charge is 2.34. The van der Waals surface area contributed by atoms with Gasteiger partial charge in [0.1, 0.15) is 21.2 Å². The summed E-state index contributed by atoms with van der Waals surface area (Å²) in [5.74, 6) is 1.23. The minimum atomic E-state index is -0.328. The Kier molecular flexibility index (Phi) is 7.21. The number of pyridine rings is 1. The van der Waals surface area contributed by atoms with Crippen molar-refractivity contribution in [2.45, 2.75) is 19.4 Å². The number of hydrogen-bond acceptors (Lipinski definition) is 7.